The molecule has 0 saturated heterocycles. The number of benzene rings is 1. The minimum atomic E-state index is -0.523. The second kappa shape index (κ2) is 4.38. The molecule has 104 valence electrons. The van der Waals surface area contributed by atoms with E-state index in [9.17, 15) is 8.78 Å². The van der Waals surface area contributed by atoms with Crippen molar-refractivity contribution in [1.82, 2.24) is 14.9 Å². The number of hydrogen-bond acceptors (Lipinski definition) is 2. The fraction of sp³-hybridized carbons (Fsp3) is 0.400. The van der Waals surface area contributed by atoms with Crippen LogP contribution in [0, 0.1) is 11.6 Å². The van der Waals surface area contributed by atoms with Crippen LogP contribution in [0.25, 0.3) is 5.69 Å². The normalized spacial score (nSPS) is 18.1. The third kappa shape index (κ3) is 1.77. The lowest BCUT2D eigenvalue weighted by atomic mass is 10.1. The van der Waals surface area contributed by atoms with Crippen molar-refractivity contribution < 1.29 is 8.78 Å². The average Bonchev–Trinajstić information content (AvgIpc) is 3.21. The number of rotatable bonds is 2. The molecule has 5 heteroatoms. The summed E-state index contributed by atoms with van der Waals surface area (Å²) in [7, 11) is 0. The first-order valence-corrected chi connectivity index (χ1v) is 7.01. The summed E-state index contributed by atoms with van der Waals surface area (Å²) in [6.45, 7) is 1.50. The molecule has 20 heavy (non-hydrogen) atoms. The summed E-state index contributed by atoms with van der Waals surface area (Å²) in [5, 5.41) is 3.26. The van der Waals surface area contributed by atoms with Gasteiger partial charge in [0.1, 0.15) is 23.1 Å². The van der Waals surface area contributed by atoms with Crippen LogP contribution in [-0.2, 0) is 13.0 Å². The monoisotopic (exact) mass is 275 g/mol. The zero-order valence-corrected chi connectivity index (χ0v) is 11.0. The van der Waals surface area contributed by atoms with E-state index in [4.69, 9.17) is 0 Å². The minimum absolute atomic E-state index is 0.0325. The van der Waals surface area contributed by atoms with Gasteiger partial charge in [-0.1, -0.05) is 6.07 Å². The molecule has 1 aliphatic carbocycles. The Balaban J connectivity index is 1.98. The Morgan fingerprint density at radius 2 is 1.95 bits per heavy atom. The second-order valence-corrected chi connectivity index (χ2v) is 5.47. The Kier molecular flexibility index (Phi) is 2.63. The molecule has 1 N–H and O–H groups in total. The summed E-state index contributed by atoms with van der Waals surface area (Å²) < 4.78 is 30.0. The van der Waals surface area contributed by atoms with Crippen LogP contribution in [0.3, 0.4) is 0 Å². The predicted octanol–water partition coefficient (Wildman–Crippen LogP) is 2.67. The Morgan fingerprint density at radius 3 is 2.65 bits per heavy atom. The van der Waals surface area contributed by atoms with Gasteiger partial charge in [0.25, 0.3) is 0 Å². The smallest absolute Gasteiger partial charge is 0.150 e. The highest BCUT2D eigenvalue weighted by Gasteiger charge is 2.33. The minimum Gasteiger partial charge on any atom is -0.311 e. The summed E-state index contributed by atoms with van der Waals surface area (Å²) in [4.78, 5) is 4.64. The maximum Gasteiger partial charge on any atom is 0.150 e. The molecule has 0 radical (unpaired) electrons. The number of imidazole rings is 1. The summed E-state index contributed by atoms with van der Waals surface area (Å²) in [6.07, 6.45) is 2.86. The molecule has 0 unspecified atom stereocenters. The van der Waals surface area contributed by atoms with Gasteiger partial charge in [0, 0.05) is 31.1 Å². The van der Waals surface area contributed by atoms with E-state index in [0.29, 0.717) is 12.5 Å². The highest BCUT2D eigenvalue weighted by Crippen LogP contribution is 2.42. The standard InChI is InChI=1S/C15H15F2N3/c16-10-2-1-3-11(17)14(10)20-13-6-7-18-8-12(13)19-15(20)9-4-5-9/h1-3,9,18H,4-8H2. The lowest BCUT2D eigenvalue weighted by Crippen LogP contribution is -2.25. The first kappa shape index (κ1) is 12.0. The number of fused-ring (bicyclic) bond motifs is 1. The molecule has 2 aliphatic rings. The molecule has 1 aliphatic heterocycles. The van der Waals surface area contributed by atoms with Gasteiger partial charge in [-0.05, 0) is 25.0 Å². The Hall–Kier alpha value is -1.75. The van der Waals surface area contributed by atoms with Gasteiger partial charge in [-0.25, -0.2) is 13.8 Å². The first-order valence-electron chi connectivity index (χ1n) is 7.01. The number of nitrogens with zero attached hydrogens (tertiary/aromatic N) is 2. The van der Waals surface area contributed by atoms with Gasteiger partial charge in [-0.2, -0.15) is 0 Å². The Labute approximate surface area is 115 Å². The molecule has 2 heterocycles. The van der Waals surface area contributed by atoms with Crippen LogP contribution in [0.5, 0.6) is 0 Å². The largest absolute Gasteiger partial charge is 0.311 e. The van der Waals surface area contributed by atoms with Crippen molar-refractivity contribution in [1.29, 1.82) is 0 Å². The molecule has 2 aromatic rings. The highest BCUT2D eigenvalue weighted by molar-refractivity contribution is 5.42. The highest BCUT2D eigenvalue weighted by atomic mass is 19.1. The van der Waals surface area contributed by atoms with Crippen LogP contribution in [0.15, 0.2) is 18.2 Å². The Morgan fingerprint density at radius 1 is 1.20 bits per heavy atom. The Bertz CT molecular complexity index is 654. The van der Waals surface area contributed by atoms with Crippen LogP contribution in [0.4, 0.5) is 8.78 Å². The molecule has 0 atom stereocenters. The van der Waals surface area contributed by atoms with E-state index >= 15 is 0 Å². The lowest BCUT2D eigenvalue weighted by Gasteiger charge is -2.17. The molecule has 1 aromatic heterocycles. The average molecular weight is 275 g/mol. The van der Waals surface area contributed by atoms with Gasteiger partial charge >= 0.3 is 0 Å². The van der Waals surface area contributed by atoms with Gasteiger partial charge in [-0.15, -0.1) is 0 Å². The molecule has 1 saturated carbocycles. The van der Waals surface area contributed by atoms with E-state index in [1.54, 1.807) is 4.57 Å². The van der Waals surface area contributed by atoms with Crippen molar-refractivity contribution in [3.05, 3.63) is 47.0 Å². The lowest BCUT2D eigenvalue weighted by molar-refractivity contribution is 0.556. The summed E-state index contributed by atoms with van der Waals surface area (Å²) >= 11 is 0. The summed E-state index contributed by atoms with van der Waals surface area (Å²) in [5.41, 5.74) is 1.92. The van der Waals surface area contributed by atoms with Crippen molar-refractivity contribution in [3.8, 4) is 5.69 Å². The third-order valence-corrected chi connectivity index (χ3v) is 4.02. The van der Waals surface area contributed by atoms with Crippen LogP contribution in [0.2, 0.25) is 0 Å². The van der Waals surface area contributed by atoms with Crippen LogP contribution in [0.1, 0.15) is 36.0 Å². The van der Waals surface area contributed by atoms with Gasteiger partial charge in [-0.3, -0.25) is 4.57 Å². The van der Waals surface area contributed by atoms with Crippen molar-refractivity contribution in [2.75, 3.05) is 6.54 Å². The van der Waals surface area contributed by atoms with E-state index in [-0.39, 0.29) is 5.69 Å². The fourth-order valence-corrected chi connectivity index (χ4v) is 2.90. The number of hydrogen-bond donors (Lipinski definition) is 1. The maximum absolute atomic E-state index is 14.1. The molecule has 4 rings (SSSR count). The molecular weight excluding hydrogens is 260 g/mol. The van der Waals surface area contributed by atoms with E-state index in [1.165, 1.54) is 18.2 Å². The molecule has 3 nitrogen and oxygen atoms in total. The van der Waals surface area contributed by atoms with E-state index in [0.717, 1.165) is 43.0 Å². The van der Waals surface area contributed by atoms with Gasteiger partial charge < -0.3 is 5.32 Å². The second-order valence-electron chi connectivity index (χ2n) is 5.47. The SMILES string of the molecule is Fc1cccc(F)c1-n1c(C2CC2)nc2c1CCNC2. The van der Waals surface area contributed by atoms with E-state index in [1.807, 2.05) is 0 Å². The van der Waals surface area contributed by atoms with Crippen LogP contribution < -0.4 is 5.32 Å². The van der Waals surface area contributed by atoms with Crippen LogP contribution in [-0.4, -0.2) is 16.1 Å². The number of nitrogens with one attached hydrogen (secondary N) is 1. The third-order valence-electron chi connectivity index (χ3n) is 4.02. The fourth-order valence-electron chi connectivity index (χ4n) is 2.90. The van der Waals surface area contributed by atoms with E-state index < -0.39 is 11.6 Å². The number of aromatic nitrogens is 2. The van der Waals surface area contributed by atoms with Crippen molar-refractivity contribution >= 4 is 0 Å². The van der Waals surface area contributed by atoms with Crippen LogP contribution >= 0.6 is 0 Å². The molecule has 0 amide bonds. The topological polar surface area (TPSA) is 29.9 Å². The molecule has 1 fully saturated rings. The molecule has 0 spiro atoms. The quantitative estimate of drug-likeness (QED) is 0.913. The summed E-state index contributed by atoms with van der Waals surface area (Å²) in [6, 6.07) is 4.01. The maximum atomic E-state index is 14.1. The van der Waals surface area contributed by atoms with Crippen molar-refractivity contribution in [2.45, 2.75) is 31.7 Å². The van der Waals surface area contributed by atoms with Gasteiger partial charge in [0.2, 0.25) is 0 Å². The first-order chi connectivity index (χ1) is 9.75. The van der Waals surface area contributed by atoms with Crippen molar-refractivity contribution in [2.24, 2.45) is 0 Å². The molecule has 0 bridgehead atoms. The number of para-hydroxylation sites is 1. The molecule has 1 aromatic carbocycles. The van der Waals surface area contributed by atoms with E-state index in [2.05, 4.69) is 10.3 Å². The molecular formula is C15H15F2N3. The zero-order chi connectivity index (χ0) is 13.7. The summed E-state index contributed by atoms with van der Waals surface area (Å²) in [5.74, 6) is 0.124. The van der Waals surface area contributed by atoms with Gasteiger partial charge in [0.05, 0.1) is 5.69 Å². The zero-order valence-electron chi connectivity index (χ0n) is 11.0. The van der Waals surface area contributed by atoms with Crippen molar-refractivity contribution in [3.63, 3.8) is 0 Å². The van der Waals surface area contributed by atoms with Gasteiger partial charge in [0.15, 0.2) is 0 Å². The predicted molar refractivity (Wildman–Crippen MR) is 70.9 cm³/mol. The number of halogens is 2.